The van der Waals surface area contributed by atoms with Crippen LogP contribution in [0.5, 0.6) is 5.75 Å². The summed E-state index contributed by atoms with van der Waals surface area (Å²) in [6, 6.07) is 20.4. The lowest BCUT2D eigenvalue weighted by molar-refractivity contribution is -0.123. The third kappa shape index (κ3) is 5.53. The highest BCUT2D eigenvalue weighted by Gasteiger charge is 2.55. The fourth-order valence-electron chi connectivity index (χ4n) is 7.00. The number of hydrogen-bond donors (Lipinski definition) is 3. The normalized spacial score (nSPS) is 21.9. The summed E-state index contributed by atoms with van der Waals surface area (Å²) in [4.78, 5) is 28.5. The number of aliphatic hydroxyl groups is 2. The van der Waals surface area contributed by atoms with Crippen molar-refractivity contribution in [3.8, 4) is 5.75 Å². The van der Waals surface area contributed by atoms with Crippen molar-refractivity contribution in [3.05, 3.63) is 89.0 Å². The average molecular weight is 568 g/mol. The molecule has 0 spiro atoms. The molecule has 0 aromatic heterocycles. The Morgan fingerprint density at radius 1 is 0.952 bits per heavy atom. The molecule has 220 valence electrons. The first-order chi connectivity index (χ1) is 20.3. The van der Waals surface area contributed by atoms with Gasteiger partial charge >= 0.3 is 0 Å². The molecule has 2 amide bonds. The maximum Gasteiger partial charge on any atom is 0.238 e. The van der Waals surface area contributed by atoms with Gasteiger partial charge in [0.05, 0.1) is 30.2 Å². The van der Waals surface area contributed by atoms with Crippen LogP contribution in [-0.4, -0.2) is 39.8 Å². The van der Waals surface area contributed by atoms with Gasteiger partial charge < -0.3 is 15.3 Å². The van der Waals surface area contributed by atoms with E-state index in [9.17, 15) is 24.9 Å². The fraction of sp³-hybridized carbons (Fsp3) is 0.389. The Balaban J connectivity index is 1.43. The summed E-state index contributed by atoms with van der Waals surface area (Å²) >= 11 is 0. The molecule has 0 radical (unpaired) electrons. The number of carbonyl (C=O) groups excluding carboxylic acids is 2. The number of aliphatic hydroxyl groups excluding tert-OH is 2. The van der Waals surface area contributed by atoms with Crippen LogP contribution in [0.4, 0.5) is 5.69 Å². The predicted molar refractivity (Wildman–Crippen MR) is 167 cm³/mol. The number of nitrogens with zero attached hydrogens (tertiary/aromatic N) is 1. The number of amides is 2. The van der Waals surface area contributed by atoms with Crippen LogP contribution in [-0.2, 0) is 9.59 Å². The number of phenols is 1. The van der Waals surface area contributed by atoms with Crippen LogP contribution in [0, 0.1) is 23.7 Å². The van der Waals surface area contributed by atoms with Gasteiger partial charge in [0.15, 0.2) is 0 Å². The molecule has 1 aliphatic carbocycles. The predicted octanol–water partition coefficient (Wildman–Crippen LogP) is 6.64. The molecule has 42 heavy (non-hydrogen) atoms. The number of imide groups is 1. The molecule has 1 fully saturated rings. The zero-order chi connectivity index (χ0) is 30.0. The number of hydrogen-bond acceptors (Lipinski definition) is 5. The number of anilines is 1. The SMILES string of the molecule is CCC/C(=C\c1ccc(O)c2ccccc12)CC[C@@H](O)C1=C(C(C)C)C[C@H]2C(=O)N(c3ccccc3)C(=O)[C@H]2[C@H]1CO. The van der Waals surface area contributed by atoms with E-state index >= 15 is 0 Å². The molecule has 1 aliphatic heterocycles. The molecule has 0 unspecified atom stereocenters. The summed E-state index contributed by atoms with van der Waals surface area (Å²) in [5.41, 5.74) is 4.46. The first-order valence-corrected chi connectivity index (χ1v) is 15.1. The van der Waals surface area contributed by atoms with Crippen LogP contribution in [0.1, 0.15) is 58.4 Å². The van der Waals surface area contributed by atoms with Crippen LogP contribution >= 0.6 is 0 Å². The van der Waals surface area contributed by atoms with Gasteiger partial charge in [-0.25, -0.2) is 0 Å². The number of benzene rings is 3. The molecular formula is C36H41NO5. The Morgan fingerprint density at radius 2 is 1.64 bits per heavy atom. The Hall–Kier alpha value is -3.74. The van der Waals surface area contributed by atoms with Crippen molar-refractivity contribution in [2.45, 2.75) is 59.0 Å². The number of para-hydroxylation sites is 1. The Morgan fingerprint density at radius 3 is 2.31 bits per heavy atom. The third-order valence-corrected chi connectivity index (χ3v) is 8.99. The molecule has 1 saturated heterocycles. The van der Waals surface area contributed by atoms with E-state index < -0.39 is 23.9 Å². The summed E-state index contributed by atoms with van der Waals surface area (Å²) in [5, 5.41) is 34.4. The smallest absolute Gasteiger partial charge is 0.238 e. The topological polar surface area (TPSA) is 98.1 Å². The zero-order valence-corrected chi connectivity index (χ0v) is 24.7. The molecule has 4 atom stereocenters. The summed E-state index contributed by atoms with van der Waals surface area (Å²) in [6.45, 7) is 5.92. The van der Waals surface area contributed by atoms with Gasteiger partial charge in [-0.05, 0) is 66.3 Å². The number of phenolic OH excluding ortho intramolecular Hbond substituents is 1. The number of fused-ring (bicyclic) bond motifs is 2. The molecule has 0 saturated carbocycles. The van der Waals surface area contributed by atoms with Gasteiger partial charge in [0, 0.05) is 11.3 Å². The minimum absolute atomic E-state index is 0.0624. The van der Waals surface area contributed by atoms with E-state index in [0.29, 0.717) is 24.9 Å². The number of rotatable bonds is 10. The molecule has 0 bridgehead atoms. The second-order valence-electron chi connectivity index (χ2n) is 11.9. The minimum atomic E-state index is -0.842. The largest absolute Gasteiger partial charge is 0.507 e. The summed E-state index contributed by atoms with van der Waals surface area (Å²) < 4.78 is 0. The van der Waals surface area contributed by atoms with Crippen LogP contribution in [0.25, 0.3) is 16.8 Å². The van der Waals surface area contributed by atoms with Crippen molar-refractivity contribution in [2.75, 3.05) is 11.5 Å². The second-order valence-corrected chi connectivity index (χ2v) is 11.9. The highest BCUT2D eigenvalue weighted by molar-refractivity contribution is 6.22. The summed E-state index contributed by atoms with van der Waals surface area (Å²) in [6.07, 6.45) is 4.65. The molecule has 3 N–H and O–H groups in total. The van der Waals surface area contributed by atoms with E-state index in [0.717, 1.165) is 40.3 Å². The van der Waals surface area contributed by atoms with Crippen molar-refractivity contribution in [3.63, 3.8) is 0 Å². The van der Waals surface area contributed by atoms with Crippen molar-refractivity contribution in [1.82, 2.24) is 0 Å². The van der Waals surface area contributed by atoms with Crippen molar-refractivity contribution >= 4 is 34.4 Å². The molecule has 6 nitrogen and oxygen atoms in total. The van der Waals surface area contributed by atoms with Crippen LogP contribution < -0.4 is 4.90 Å². The molecule has 5 rings (SSSR count). The fourth-order valence-corrected chi connectivity index (χ4v) is 7.00. The highest BCUT2D eigenvalue weighted by atomic mass is 16.3. The van der Waals surface area contributed by atoms with E-state index in [4.69, 9.17) is 0 Å². The van der Waals surface area contributed by atoms with E-state index in [1.165, 1.54) is 10.5 Å². The molecule has 1 heterocycles. The van der Waals surface area contributed by atoms with Crippen LogP contribution in [0.2, 0.25) is 0 Å². The quantitative estimate of drug-likeness (QED) is 0.188. The maximum atomic E-state index is 13.7. The van der Waals surface area contributed by atoms with Gasteiger partial charge in [-0.2, -0.15) is 0 Å². The molecular weight excluding hydrogens is 526 g/mol. The Labute approximate surface area is 248 Å². The Kier molecular flexibility index (Phi) is 8.95. The molecule has 2 aliphatic rings. The zero-order valence-electron chi connectivity index (χ0n) is 24.7. The number of carbonyl (C=O) groups is 2. The minimum Gasteiger partial charge on any atom is -0.507 e. The van der Waals surface area contributed by atoms with Gasteiger partial charge in [-0.15, -0.1) is 0 Å². The number of aromatic hydroxyl groups is 1. The molecule has 6 heteroatoms. The second kappa shape index (κ2) is 12.6. The van der Waals surface area contributed by atoms with Crippen molar-refractivity contribution in [2.24, 2.45) is 23.7 Å². The third-order valence-electron chi connectivity index (χ3n) is 8.99. The Bertz CT molecular complexity index is 1520. The van der Waals surface area contributed by atoms with E-state index in [-0.39, 0.29) is 30.1 Å². The van der Waals surface area contributed by atoms with Crippen LogP contribution in [0.15, 0.2) is 83.4 Å². The highest BCUT2D eigenvalue weighted by Crippen LogP contribution is 2.48. The van der Waals surface area contributed by atoms with Gasteiger partial charge in [0.25, 0.3) is 0 Å². The van der Waals surface area contributed by atoms with Crippen molar-refractivity contribution < 1.29 is 24.9 Å². The summed E-state index contributed by atoms with van der Waals surface area (Å²) in [7, 11) is 0. The standard InChI is InChI=1S/C36H41NO5/c1-4-10-23(19-24-16-18-31(39)27-14-9-8-13-26(24)27)15-17-32(40)33-28(22(2)3)20-29-34(30(33)21-38)36(42)37(35(29)41)25-11-6-5-7-12-25/h5-9,11-14,16,18-19,22,29-30,32,34,38-40H,4,10,15,17,20-21H2,1-3H3/b23-19+/t29-,30+,32-,34-/m1/s1. The van der Waals surface area contributed by atoms with Gasteiger partial charge in [0.2, 0.25) is 11.8 Å². The van der Waals surface area contributed by atoms with Crippen molar-refractivity contribution in [1.29, 1.82) is 0 Å². The lowest BCUT2D eigenvalue weighted by Gasteiger charge is -2.38. The first-order valence-electron chi connectivity index (χ1n) is 15.1. The average Bonchev–Trinajstić information content (AvgIpc) is 3.25. The van der Waals surface area contributed by atoms with Gasteiger partial charge in [-0.1, -0.05) is 92.9 Å². The molecule has 3 aromatic carbocycles. The maximum absolute atomic E-state index is 13.7. The first kappa shape index (κ1) is 29.7. The van der Waals surface area contributed by atoms with E-state index in [1.807, 2.05) is 50.2 Å². The number of allylic oxidation sites excluding steroid dienone is 2. The lowest BCUT2D eigenvalue weighted by atomic mass is 9.66. The van der Waals surface area contributed by atoms with E-state index in [2.05, 4.69) is 13.0 Å². The molecule has 3 aromatic rings. The van der Waals surface area contributed by atoms with Gasteiger partial charge in [-0.3, -0.25) is 14.5 Å². The van der Waals surface area contributed by atoms with Gasteiger partial charge in [0.1, 0.15) is 5.75 Å². The monoisotopic (exact) mass is 567 g/mol. The lowest BCUT2D eigenvalue weighted by Crippen LogP contribution is -2.39. The van der Waals surface area contributed by atoms with Crippen LogP contribution in [0.3, 0.4) is 0 Å². The summed E-state index contributed by atoms with van der Waals surface area (Å²) in [5.74, 6) is -2.05. The van der Waals surface area contributed by atoms with E-state index in [1.54, 1.807) is 30.3 Å².